The molecule has 0 aromatic rings. The van der Waals surface area contributed by atoms with Crippen LogP contribution in [0.15, 0.2) is 0 Å². The van der Waals surface area contributed by atoms with Crippen LogP contribution in [0.5, 0.6) is 0 Å². The first kappa shape index (κ1) is 20.4. The molecule has 0 bridgehead atoms. The molecule has 0 spiro atoms. The Hall–Kier alpha value is 0.407. The molecule has 0 aromatic heterocycles. The molecule has 0 aliphatic heterocycles. The normalized spacial score (nSPS) is 13.7. The van der Waals surface area contributed by atoms with E-state index in [1.165, 1.54) is 19.3 Å². The molecule has 0 fully saturated rings. The second kappa shape index (κ2) is 13.1. The fourth-order valence-electron chi connectivity index (χ4n) is 2.54. The van der Waals surface area contributed by atoms with Crippen LogP contribution < -0.4 is 11.1 Å². The number of thiol groups is 1. The van der Waals surface area contributed by atoms with Gasteiger partial charge in [0.15, 0.2) is 0 Å². The number of unbranched alkanes of at least 4 members (excludes halogenated alkanes) is 1. The Kier molecular flexibility index (Phi) is 13.4. The highest BCUT2D eigenvalue weighted by Gasteiger charge is 2.39. The molecule has 20 heavy (non-hydrogen) atoms. The molecule has 4 nitrogen and oxygen atoms in total. The van der Waals surface area contributed by atoms with Crippen molar-refractivity contribution in [2.45, 2.75) is 51.6 Å². The van der Waals surface area contributed by atoms with Crippen molar-refractivity contribution in [1.29, 1.82) is 0 Å². The van der Waals surface area contributed by atoms with Crippen molar-refractivity contribution >= 4 is 21.2 Å². The molecular weight excluding hydrogens is 288 g/mol. The first-order chi connectivity index (χ1) is 9.64. The molecule has 0 aromatic carbocycles. The Labute approximate surface area is 131 Å². The first-order valence-corrected chi connectivity index (χ1v) is 11.0. The quantitative estimate of drug-likeness (QED) is 0.261. The Morgan fingerprint density at radius 2 is 1.75 bits per heavy atom. The van der Waals surface area contributed by atoms with Gasteiger partial charge in [0.2, 0.25) is 0 Å². The summed E-state index contributed by atoms with van der Waals surface area (Å²) in [5.74, 6) is 0.902. The fourth-order valence-corrected chi connectivity index (χ4v) is 6.20. The largest absolute Gasteiger partial charge is 0.394 e. The van der Waals surface area contributed by atoms with E-state index in [9.17, 15) is 0 Å². The van der Waals surface area contributed by atoms with Crippen LogP contribution in [0.3, 0.4) is 0 Å². The lowest BCUT2D eigenvalue weighted by Crippen LogP contribution is -2.44. The van der Waals surface area contributed by atoms with E-state index in [2.05, 4.69) is 38.3 Å². The van der Waals surface area contributed by atoms with Gasteiger partial charge in [-0.2, -0.15) is 12.6 Å². The van der Waals surface area contributed by atoms with Gasteiger partial charge < -0.3 is 19.9 Å². The Balaban J connectivity index is 4.22. The standard InChI is InChI=1S/C14H34N2O2SSi/c1-4-17-20(3,18-5-2)14(9-13-19)8-6-7-11-16-12-10-15/h14,16,19H,4-13,15H2,1-3H3. The van der Waals surface area contributed by atoms with Crippen LogP contribution in [0.2, 0.25) is 12.1 Å². The Bertz CT molecular complexity index is 217. The van der Waals surface area contributed by atoms with Crippen molar-refractivity contribution in [3.8, 4) is 0 Å². The minimum atomic E-state index is -2.06. The number of hydrogen-bond donors (Lipinski definition) is 3. The van der Waals surface area contributed by atoms with E-state index < -0.39 is 8.56 Å². The summed E-state index contributed by atoms with van der Waals surface area (Å²) in [5.41, 5.74) is 5.99. The summed E-state index contributed by atoms with van der Waals surface area (Å²) in [6.07, 6.45) is 4.65. The van der Waals surface area contributed by atoms with Crippen molar-refractivity contribution in [2.75, 3.05) is 38.6 Å². The van der Waals surface area contributed by atoms with Crippen LogP contribution in [0.25, 0.3) is 0 Å². The van der Waals surface area contributed by atoms with Gasteiger partial charge in [-0.1, -0.05) is 6.42 Å². The van der Waals surface area contributed by atoms with Crippen molar-refractivity contribution in [2.24, 2.45) is 5.73 Å². The molecule has 122 valence electrons. The maximum atomic E-state index is 6.03. The van der Waals surface area contributed by atoms with Crippen LogP contribution in [0.4, 0.5) is 0 Å². The summed E-state index contributed by atoms with van der Waals surface area (Å²) in [7, 11) is -2.06. The van der Waals surface area contributed by atoms with Gasteiger partial charge in [0.25, 0.3) is 0 Å². The summed E-state index contributed by atoms with van der Waals surface area (Å²) in [6, 6.07) is 0. The van der Waals surface area contributed by atoms with Gasteiger partial charge >= 0.3 is 8.56 Å². The van der Waals surface area contributed by atoms with E-state index in [0.717, 1.165) is 38.5 Å². The minimum absolute atomic E-state index is 0.536. The molecule has 0 radical (unpaired) electrons. The summed E-state index contributed by atoms with van der Waals surface area (Å²) in [4.78, 5) is 0. The molecule has 3 N–H and O–H groups in total. The van der Waals surface area contributed by atoms with Crippen LogP contribution in [-0.2, 0) is 8.85 Å². The molecule has 0 aliphatic carbocycles. The van der Waals surface area contributed by atoms with Crippen LogP contribution in [-0.4, -0.2) is 47.2 Å². The molecule has 0 saturated heterocycles. The fraction of sp³-hybridized carbons (Fsp3) is 1.00. The SMILES string of the molecule is CCO[Si](C)(OCC)C(CCS)CCCCNCCN. The van der Waals surface area contributed by atoms with E-state index in [0.29, 0.717) is 12.1 Å². The smallest absolute Gasteiger partial charge is 0.338 e. The second-order valence-electron chi connectivity index (χ2n) is 5.13. The van der Waals surface area contributed by atoms with E-state index in [1.54, 1.807) is 0 Å². The van der Waals surface area contributed by atoms with Crippen LogP contribution in [0.1, 0.15) is 39.5 Å². The van der Waals surface area contributed by atoms with E-state index in [1.807, 2.05) is 0 Å². The highest BCUT2D eigenvalue weighted by molar-refractivity contribution is 7.80. The number of nitrogens with one attached hydrogen (secondary N) is 1. The summed E-state index contributed by atoms with van der Waals surface area (Å²) in [6.45, 7) is 10.5. The zero-order valence-electron chi connectivity index (χ0n) is 13.5. The van der Waals surface area contributed by atoms with Gasteiger partial charge in [-0.05, 0) is 52.0 Å². The van der Waals surface area contributed by atoms with Crippen molar-refractivity contribution < 1.29 is 8.85 Å². The number of nitrogens with two attached hydrogens (primary N) is 1. The third kappa shape index (κ3) is 8.64. The number of hydrogen-bond acceptors (Lipinski definition) is 5. The van der Waals surface area contributed by atoms with E-state index >= 15 is 0 Å². The molecule has 0 amide bonds. The maximum Gasteiger partial charge on any atom is 0.338 e. The minimum Gasteiger partial charge on any atom is -0.394 e. The average Bonchev–Trinajstić information content (AvgIpc) is 2.42. The first-order valence-electron chi connectivity index (χ1n) is 7.94. The van der Waals surface area contributed by atoms with Crippen molar-refractivity contribution in [1.82, 2.24) is 5.32 Å². The molecule has 1 unspecified atom stereocenters. The molecular formula is C14H34N2O2SSi. The zero-order valence-corrected chi connectivity index (χ0v) is 15.4. The summed E-state index contributed by atoms with van der Waals surface area (Å²) in [5, 5.41) is 3.34. The van der Waals surface area contributed by atoms with Gasteiger partial charge in [-0.15, -0.1) is 0 Å². The highest BCUT2D eigenvalue weighted by atomic mass is 32.1. The lowest BCUT2D eigenvalue weighted by atomic mass is 10.1. The summed E-state index contributed by atoms with van der Waals surface area (Å²) < 4.78 is 12.1. The van der Waals surface area contributed by atoms with Gasteiger partial charge in [-0.3, -0.25) is 0 Å². The lowest BCUT2D eigenvalue weighted by molar-refractivity contribution is 0.175. The lowest BCUT2D eigenvalue weighted by Gasteiger charge is -2.34. The van der Waals surface area contributed by atoms with Gasteiger partial charge in [0.05, 0.1) is 0 Å². The Morgan fingerprint density at radius 1 is 1.10 bits per heavy atom. The van der Waals surface area contributed by atoms with E-state index in [4.69, 9.17) is 14.6 Å². The molecule has 1 atom stereocenters. The summed E-state index contributed by atoms with van der Waals surface area (Å²) >= 11 is 4.40. The third-order valence-electron chi connectivity index (χ3n) is 3.56. The molecule has 0 aliphatic rings. The van der Waals surface area contributed by atoms with Crippen LogP contribution >= 0.6 is 12.6 Å². The monoisotopic (exact) mass is 322 g/mol. The zero-order chi connectivity index (χ0) is 15.3. The predicted octanol–water partition coefficient (Wildman–Crippen LogP) is 2.54. The third-order valence-corrected chi connectivity index (χ3v) is 7.60. The van der Waals surface area contributed by atoms with Crippen molar-refractivity contribution in [3.05, 3.63) is 0 Å². The van der Waals surface area contributed by atoms with E-state index in [-0.39, 0.29) is 0 Å². The topological polar surface area (TPSA) is 56.5 Å². The van der Waals surface area contributed by atoms with Gasteiger partial charge in [0, 0.05) is 31.8 Å². The van der Waals surface area contributed by atoms with Crippen molar-refractivity contribution in [3.63, 3.8) is 0 Å². The second-order valence-corrected chi connectivity index (χ2v) is 9.00. The molecule has 6 heteroatoms. The van der Waals surface area contributed by atoms with Gasteiger partial charge in [0.1, 0.15) is 0 Å². The molecule has 0 heterocycles. The Morgan fingerprint density at radius 3 is 2.25 bits per heavy atom. The number of rotatable bonds is 14. The molecule has 0 saturated carbocycles. The maximum absolute atomic E-state index is 6.03. The molecule has 0 rings (SSSR count). The average molecular weight is 323 g/mol. The highest BCUT2D eigenvalue weighted by Crippen LogP contribution is 2.33. The van der Waals surface area contributed by atoms with Crippen LogP contribution in [0, 0.1) is 0 Å². The predicted molar refractivity (Wildman–Crippen MR) is 92.9 cm³/mol. The van der Waals surface area contributed by atoms with Gasteiger partial charge in [-0.25, -0.2) is 0 Å².